The van der Waals surface area contributed by atoms with Gasteiger partial charge in [-0.15, -0.1) is 0 Å². The van der Waals surface area contributed by atoms with Gasteiger partial charge in [0.2, 0.25) is 0 Å². The molecular formula is C9H14FN3. The first-order valence-electron chi connectivity index (χ1n) is 4.68. The zero-order valence-electron chi connectivity index (χ0n) is 7.54. The van der Waals surface area contributed by atoms with Gasteiger partial charge in [0.1, 0.15) is 12.5 Å². The molecule has 1 fully saturated rings. The van der Waals surface area contributed by atoms with Gasteiger partial charge >= 0.3 is 0 Å². The second-order valence-corrected chi connectivity index (χ2v) is 3.46. The van der Waals surface area contributed by atoms with E-state index in [0.717, 1.165) is 31.8 Å². The van der Waals surface area contributed by atoms with E-state index in [9.17, 15) is 4.39 Å². The van der Waals surface area contributed by atoms with Gasteiger partial charge in [-0.1, -0.05) is 0 Å². The van der Waals surface area contributed by atoms with E-state index in [-0.39, 0.29) is 12.7 Å². The first-order chi connectivity index (χ1) is 6.40. The number of rotatable bonds is 3. The second kappa shape index (κ2) is 3.87. The smallest absolute Gasteiger partial charge is 0.120 e. The molecule has 2 heterocycles. The number of imidazole rings is 1. The Labute approximate surface area is 77.0 Å². The van der Waals surface area contributed by atoms with E-state index in [4.69, 9.17) is 0 Å². The maximum absolute atomic E-state index is 12.5. The van der Waals surface area contributed by atoms with Gasteiger partial charge in [0.15, 0.2) is 0 Å². The van der Waals surface area contributed by atoms with Crippen molar-refractivity contribution in [1.82, 2.24) is 14.9 Å². The van der Waals surface area contributed by atoms with Crippen molar-refractivity contribution in [2.75, 3.05) is 13.2 Å². The lowest BCUT2D eigenvalue weighted by Gasteiger charge is -2.20. The lowest BCUT2D eigenvalue weighted by Crippen LogP contribution is -2.30. The quantitative estimate of drug-likeness (QED) is 0.767. The molecule has 3 nitrogen and oxygen atoms in total. The van der Waals surface area contributed by atoms with Crippen molar-refractivity contribution < 1.29 is 4.39 Å². The van der Waals surface area contributed by atoms with Crippen LogP contribution in [-0.2, 0) is 6.54 Å². The summed E-state index contributed by atoms with van der Waals surface area (Å²) in [4.78, 5) is 9.31. The minimum Gasteiger partial charge on any atom is -0.348 e. The molecule has 0 amide bonds. The maximum Gasteiger partial charge on any atom is 0.120 e. The Morgan fingerprint density at radius 3 is 3.31 bits per heavy atom. The highest BCUT2D eigenvalue weighted by Crippen LogP contribution is 2.18. The molecular weight excluding hydrogens is 169 g/mol. The molecule has 0 aliphatic carbocycles. The number of nitrogens with zero attached hydrogens (tertiary/aromatic N) is 2. The van der Waals surface area contributed by atoms with Crippen LogP contribution in [0.15, 0.2) is 12.4 Å². The standard InChI is InChI=1S/C9H14FN3/c10-6-8-2-1-5-13(8)7-9-11-3-4-12-9/h3-4,8H,1-2,5-7H2,(H,11,12). The maximum atomic E-state index is 12.5. The van der Waals surface area contributed by atoms with Gasteiger partial charge in [-0.3, -0.25) is 4.90 Å². The number of hydrogen-bond donors (Lipinski definition) is 1. The summed E-state index contributed by atoms with van der Waals surface area (Å²) < 4.78 is 12.5. The summed E-state index contributed by atoms with van der Waals surface area (Å²) in [6.45, 7) is 1.51. The normalized spacial score (nSPS) is 23.9. The van der Waals surface area contributed by atoms with Crippen LogP contribution in [0.3, 0.4) is 0 Å². The van der Waals surface area contributed by atoms with Crippen molar-refractivity contribution in [2.45, 2.75) is 25.4 Å². The summed E-state index contributed by atoms with van der Waals surface area (Å²) in [6, 6.07) is 0.116. The highest BCUT2D eigenvalue weighted by atomic mass is 19.1. The Bertz CT molecular complexity index is 247. The SMILES string of the molecule is FCC1CCCN1Cc1ncc[nH]1. The number of likely N-dealkylation sites (tertiary alicyclic amines) is 1. The topological polar surface area (TPSA) is 31.9 Å². The molecule has 1 aromatic rings. The van der Waals surface area contributed by atoms with Gasteiger partial charge in [-0.2, -0.15) is 0 Å². The Morgan fingerprint density at radius 1 is 1.69 bits per heavy atom. The zero-order chi connectivity index (χ0) is 9.10. The fourth-order valence-corrected chi connectivity index (χ4v) is 1.85. The Hall–Kier alpha value is -0.900. The van der Waals surface area contributed by atoms with E-state index in [1.807, 2.05) is 0 Å². The van der Waals surface area contributed by atoms with Crippen LogP contribution >= 0.6 is 0 Å². The number of aromatic nitrogens is 2. The van der Waals surface area contributed by atoms with E-state index >= 15 is 0 Å². The number of nitrogens with one attached hydrogen (secondary N) is 1. The Balaban J connectivity index is 1.94. The molecule has 13 heavy (non-hydrogen) atoms. The molecule has 0 aromatic carbocycles. The van der Waals surface area contributed by atoms with Gasteiger partial charge in [0.05, 0.1) is 6.54 Å². The summed E-state index contributed by atoms with van der Waals surface area (Å²) >= 11 is 0. The van der Waals surface area contributed by atoms with Crippen LogP contribution < -0.4 is 0 Å². The molecule has 0 saturated carbocycles. The molecule has 2 rings (SSSR count). The molecule has 1 saturated heterocycles. The highest BCUT2D eigenvalue weighted by molar-refractivity contribution is 4.90. The largest absolute Gasteiger partial charge is 0.348 e. The third kappa shape index (κ3) is 1.88. The van der Waals surface area contributed by atoms with Gasteiger partial charge in [-0.25, -0.2) is 9.37 Å². The minimum absolute atomic E-state index is 0.116. The van der Waals surface area contributed by atoms with Crippen LogP contribution in [0.2, 0.25) is 0 Å². The monoisotopic (exact) mass is 183 g/mol. The van der Waals surface area contributed by atoms with Crippen LogP contribution in [-0.4, -0.2) is 34.1 Å². The number of hydrogen-bond acceptors (Lipinski definition) is 2. The van der Waals surface area contributed by atoms with Gasteiger partial charge in [0.25, 0.3) is 0 Å². The third-order valence-electron chi connectivity index (χ3n) is 2.58. The Kier molecular flexibility index (Phi) is 2.59. The summed E-state index contributed by atoms with van der Waals surface area (Å²) in [7, 11) is 0. The lowest BCUT2D eigenvalue weighted by molar-refractivity contribution is 0.203. The van der Waals surface area contributed by atoms with E-state index in [2.05, 4.69) is 14.9 Å². The zero-order valence-corrected chi connectivity index (χ0v) is 7.54. The van der Waals surface area contributed by atoms with Crippen molar-refractivity contribution in [3.8, 4) is 0 Å². The molecule has 0 spiro atoms. The number of aromatic amines is 1. The summed E-state index contributed by atoms with van der Waals surface area (Å²) in [5, 5.41) is 0. The average molecular weight is 183 g/mol. The Morgan fingerprint density at radius 2 is 2.62 bits per heavy atom. The van der Waals surface area contributed by atoms with Gasteiger partial charge < -0.3 is 4.98 Å². The molecule has 0 radical (unpaired) electrons. The minimum atomic E-state index is -0.235. The molecule has 1 unspecified atom stereocenters. The first kappa shape index (κ1) is 8.69. The van der Waals surface area contributed by atoms with E-state index in [1.165, 1.54) is 0 Å². The summed E-state index contributed by atoms with van der Waals surface area (Å²) in [5.74, 6) is 0.931. The van der Waals surface area contributed by atoms with Crippen molar-refractivity contribution in [3.63, 3.8) is 0 Å². The molecule has 0 bridgehead atoms. The molecule has 72 valence electrons. The number of H-pyrrole nitrogens is 1. The second-order valence-electron chi connectivity index (χ2n) is 3.46. The van der Waals surface area contributed by atoms with Crippen LogP contribution in [0.5, 0.6) is 0 Å². The predicted octanol–water partition coefficient (Wildman–Crippen LogP) is 1.34. The summed E-state index contributed by atoms with van der Waals surface area (Å²) in [5.41, 5.74) is 0. The van der Waals surface area contributed by atoms with Gasteiger partial charge in [0, 0.05) is 18.4 Å². The van der Waals surface area contributed by atoms with E-state index in [1.54, 1.807) is 12.4 Å². The van der Waals surface area contributed by atoms with Crippen LogP contribution in [0, 0.1) is 0 Å². The average Bonchev–Trinajstić information content (AvgIpc) is 2.76. The number of alkyl halides is 1. The van der Waals surface area contributed by atoms with Crippen LogP contribution in [0.1, 0.15) is 18.7 Å². The predicted molar refractivity (Wildman–Crippen MR) is 48.0 cm³/mol. The fraction of sp³-hybridized carbons (Fsp3) is 0.667. The molecule has 1 N–H and O–H groups in total. The first-order valence-corrected chi connectivity index (χ1v) is 4.68. The van der Waals surface area contributed by atoms with Crippen molar-refractivity contribution >= 4 is 0 Å². The van der Waals surface area contributed by atoms with Crippen LogP contribution in [0.25, 0.3) is 0 Å². The van der Waals surface area contributed by atoms with Crippen LogP contribution in [0.4, 0.5) is 4.39 Å². The van der Waals surface area contributed by atoms with Gasteiger partial charge in [-0.05, 0) is 19.4 Å². The van der Waals surface area contributed by atoms with Crippen molar-refractivity contribution in [1.29, 1.82) is 0 Å². The third-order valence-corrected chi connectivity index (χ3v) is 2.58. The van der Waals surface area contributed by atoms with E-state index < -0.39 is 0 Å². The van der Waals surface area contributed by atoms with Crippen molar-refractivity contribution in [2.24, 2.45) is 0 Å². The molecule has 1 atom stereocenters. The van der Waals surface area contributed by atoms with Crippen molar-refractivity contribution in [3.05, 3.63) is 18.2 Å². The number of halogens is 1. The molecule has 1 aromatic heterocycles. The summed E-state index contributed by atoms with van der Waals surface area (Å²) in [6.07, 6.45) is 5.62. The van der Waals surface area contributed by atoms with E-state index in [0.29, 0.717) is 0 Å². The highest BCUT2D eigenvalue weighted by Gasteiger charge is 2.24. The molecule has 1 aliphatic heterocycles. The fourth-order valence-electron chi connectivity index (χ4n) is 1.85. The lowest BCUT2D eigenvalue weighted by atomic mass is 10.2. The molecule has 1 aliphatic rings. The molecule has 4 heteroatoms.